The minimum atomic E-state index is -4.30. The molecule has 0 aromatic carbocycles. The molecule has 0 fully saturated rings. The van der Waals surface area contributed by atoms with Gasteiger partial charge in [-0.2, -0.15) is 0 Å². The minimum absolute atomic E-state index is 0.0828. The van der Waals surface area contributed by atoms with Crippen LogP contribution in [-0.4, -0.2) is 49.9 Å². The maximum absolute atomic E-state index is 12.6. The molecule has 0 aromatic rings. The Morgan fingerprint density at radius 2 is 0.982 bits per heavy atom. The number of hydrogen-bond acceptors (Lipinski definition) is 7. The van der Waals surface area contributed by atoms with Crippen LogP contribution < -0.4 is 5.73 Å². The van der Waals surface area contributed by atoms with E-state index in [0.717, 1.165) is 70.6 Å². The van der Waals surface area contributed by atoms with E-state index in [0.29, 0.717) is 13.0 Å². The molecule has 0 saturated heterocycles. The third-order valence-corrected chi connectivity index (χ3v) is 9.72. The molecule has 9 heteroatoms. The molecular formula is C48H82NO7P. The van der Waals surface area contributed by atoms with Crippen molar-refractivity contribution in [1.29, 1.82) is 0 Å². The lowest BCUT2D eigenvalue weighted by atomic mass is 10.1. The van der Waals surface area contributed by atoms with Crippen molar-refractivity contribution >= 4 is 13.8 Å². The largest absolute Gasteiger partial charge is 0.472 e. The van der Waals surface area contributed by atoms with E-state index in [9.17, 15) is 14.3 Å². The van der Waals surface area contributed by atoms with Gasteiger partial charge in [0.2, 0.25) is 0 Å². The summed E-state index contributed by atoms with van der Waals surface area (Å²) in [5.41, 5.74) is 5.37. The zero-order valence-corrected chi connectivity index (χ0v) is 36.9. The first-order valence-corrected chi connectivity index (χ1v) is 23.7. The molecule has 0 aliphatic carbocycles. The fourth-order valence-corrected chi connectivity index (χ4v) is 6.27. The van der Waals surface area contributed by atoms with Gasteiger partial charge in [0.15, 0.2) is 0 Å². The normalized spacial score (nSPS) is 14.4. The highest BCUT2D eigenvalue weighted by atomic mass is 31.2. The zero-order chi connectivity index (χ0) is 41.6. The molecule has 57 heavy (non-hydrogen) atoms. The van der Waals surface area contributed by atoms with Gasteiger partial charge in [-0.15, -0.1) is 0 Å². The highest BCUT2D eigenvalue weighted by Gasteiger charge is 2.25. The van der Waals surface area contributed by atoms with Gasteiger partial charge in [-0.1, -0.05) is 162 Å². The molecule has 0 radical (unpaired) electrons. The van der Waals surface area contributed by atoms with Crippen LogP contribution in [0.5, 0.6) is 0 Å². The molecule has 326 valence electrons. The number of phosphoric ester groups is 1. The van der Waals surface area contributed by atoms with Crippen LogP contribution in [0.1, 0.15) is 162 Å². The Bertz CT molecular complexity index is 1190. The number of allylic oxidation sites excluding steroid dienone is 16. The van der Waals surface area contributed by atoms with Gasteiger partial charge >= 0.3 is 13.8 Å². The topological polar surface area (TPSA) is 117 Å². The van der Waals surface area contributed by atoms with E-state index in [1.54, 1.807) is 0 Å². The maximum atomic E-state index is 12.6. The van der Waals surface area contributed by atoms with Crippen LogP contribution in [0.4, 0.5) is 0 Å². The summed E-state index contributed by atoms with van der Waals surface area (Å²) in [6, 6.07) is 0. The molecule has 8 nitrogen and oxygen atoms in total. The maximum Gasteiger partial charge on any atom is 0.472 e. The Kier molecular flexibility index (Phi) is 42.5. The molecule has 0 heterocycles. The second-order valence-electron chi connectivity index (χ2n) is 14.2. The average molecular weight is 816 g/mol. The first-order valence-electron chi connectivity index (χ1n) is 22.2. The lowest BCUT2D eigenvalue weighted by Crippen LogP contribution is -2.28. The summed E-state index contributed by atoms with van der Waals surface area (Å²) in [5.74, 6) is -0.393. The van der Waals surface area contributed by atoms with Crippen LogP contribution in [-0.2, 0) is 27.9 Å². The summed E-state index contributed by atoms with van der Waals surface area (Å²) in [7, 11) is -4.30. The zero-order valence-electron chi connectivity index (χ0n) is 36.0. The summed E-state index contributed by atoms with van der Waals surface area (Å²) in [4.78, 5) is 22.5. The lowest BCUT2D eigenvalue weighted by molar-refractivity contribution is -0.154. The fraction of sp³-hybridized carbons (Fsp3) is 0.646. The molecule has 0 aromatic heterocycles. The predicted octanol–water partition coefficient (Wildman–Crippen LogP) is 13.5. The average Bonchev–Trinajstić information content (AvgIpc) is 3.20. The van der Waals surface area contributed by atoms with Gasteiger partial charge in [0.05, 0.1) is 19.8 Å². The first kappa shape index (κ1) is 54.4. The number of hydrogen-bond donors (Lipinski definition) is 2. The minimum Gasteiger partial charge on any atom is -0.457 e. The van der Waals surface area contributed by atoms with Gasteiger partial charge in [0.25, 0.3) is 0 Å². The molecule has 2 unspecified atom stereocenters. The number of esters is 1. The van der Waals surface area contributed by atoms with Crippen LogP contribution in [0, 0.1) is 0 Å². The smallest absolute Gasteiger partial charge is 0.457 e. The third kappa shape index (κ3) is 44.4. The molecule has 0 spiro atoms. The SMILES string of the molecule is CC/C=C\C/C=C\C/C=C\C/C=C\C/C=C\C/C=C\C/C=C\CCCC(=O)OC(COCCCCCCCC/C=C\CCCCCCC)COP(=O)(O)OCCN. The van der Waals surface area contributed by atoms with Gasteiger partial charge in [-0.3, -0.25) is 13.8 Å². The summed E-state index contributed by atoms with van der Waals surface area (Å²) >= 11 is 0. The van der Waals surface area contributed by atoms with Crippen molar-refractivity contribution in [2.45, 2.75) is 168 Å². The molecule has 0 aliphatic rings. The van der Waals surface area contributed by atoms with Gasteiger partial charge in [-0.25, -0.2) is 4.57 Å². The van der Waals surface area contributed by atoms with E-state index < -0.39 is 19.9 Å². The number of unbranched alkanes of at least 4 members (excludes halogenated alkanes) is 12. The van der Waals surface area contributed by atoms with E-state index >= 15 is 0 Å². The van der Waals surface area contributed by atoms with Crippen molar-refractivity contribution in [1.82, 2.24) is 0 Å². The van der Waals surface area contributed by atoms with Gasteiger partial charge in [-0.05, 0) is 89.9 Å². The fourth-order valence-electron chi connectivity index (χ4n) is 5.51. The van der Waals surface area contributed by atoms with E-state index in [1.807, 2.05) is 0 Å². The van der Waals surface area contributed by atoms with Crippen LogP contribution in [0.3, 0.4) is 0 Å². The van der Waals surface area contributed by atoms with Crippen molar-refractivity contribution in [2.24, 2.45) is 5.73 Å². The lowest BCUT2D eigenvalue weighted by Gasteiger charge is -2.20. The second-order valence-corrected chi connectivity index (χ2v) is 15.6. The van der Waals surface area contributed by atoms with Crippen LogP contribution in [0.25, 0.3) is 0 Å². The molecule has 0 amide bonds. The predicted molar refractivity (Wildman–Crippen MR) is 242 cm³/mol. The Morgan fingerprint density at radius 3 is 1.49 bits per heavy atom. The van der Waals surface area contributed by atoms with E-state index in [-0.39, 0.29) is 32.8 Å². The Balaban J connectivity index is 4.18. The summed E-state index contributed by atoms with van der Waals surface area (Å²) in [5, 5.41) is 0. The standard InChI is InChI=1S/C48H82NO7P/c1-3-5-7-9-11-13-15-17-19-20-21-22-23-24-25-26-27-29-31-33-35-37-39-41-48(50)56-47(46-55-57(51,52)54-44-42-49)45-53-43-40-38-36-34-32-30-28-18-16-14-12-10-8-6-4-2/h5,7,11,13,16-19,21-22,24-25,27,29,33,35,47H,3-4,6,8-10,12,14-15,20,23,26,28,30-32,34,36-46,49H2,1-2H3,(H,51,52)/b7-5-,13-11-,18-16-,19-17-,22-21-,25-24-,29-27-,35-33-. The molecule has 0 aliphatic heterocycles. The van der Waals surface area contributed by atoms with Crippen molar-refractivity contribution in [3.63, 3.8) is 0 Å². The van der Waals surface area contributed by atoms with Gasteiger partial charge in [0, 0.05) is 19.6 Å². The van der Waals surface area contributed by atoms with Crippen LogP contribution in [0.15, 0.2) is 97.2 Å². The highest BCUT2D eigenvalue weighted by Crippen LogP contribution is 2.43. The van der Waals surface area contributed by atoms with Gasteiger partial charge in [0.1, 0.15) is 6.10 Å². The summed E-state index contributed by atoms with van der Waals surface area (Å²) in [6.07, 6.45) is 58.6. The Labute approximate surface area is 349 Å². The third-order valence-electron chi connectivity index (χ3n) is 8.74. The van der Waals surface area contributed by atoms with Crippen molar-refractivity contribution in [3.8, 4) is 0 Å². The molecule has 3 N–H and O–H groups in total. The molecule has 2 atom stereocenters. The number of phosphoric acid groups is 1. The van der Waals surface area contributed by atoms with Gasteiger partial charge < -0.3 is 20.1 Å². The number of carbonyl (C=O) groups is 1. The molecule has 0 bridgehead atoms. The van der Waals surface area contributed by atoms with Crippen LogP contribution in [0.2, 0.25) is 0 Å². The van der Waals surface area contributed by atoms with E-state index in [4.69, 9.17) is 24.3 Å². The van der Waals surface area contributed by atoms with E-state index in [1.165, 1.54) is 64.2 Å². The quantitative estimate of drug-likeness (QED) is 0.0271. The number of nitrogens with two attached hydrogens (primary N) is 1. The van der Waals surface area contributed by atoms with Crippen molar-refractivity contribution < 1.29 is 32.8 Å². The number of ether oxygens (including phenoxy) is 2. The second kappa shape index (κ2) is 44.5. The monoisotopic (exact) mass is 816 g/mol. The van der Waals surface area contributed by atoms with Crippen molar-refractivity contribution in [3.05, 3.63) is 97.2 Å². The molecule has 0 rings (SSSR count). The number of rotatable bonds is 41. The van der Waals surface area contributed by atoms with Crippen LogP contribution >= 0.6 is 7.82 Å². The highest BCUT2D eigenvalue weighted by molar-refractivity contribution is 7.47. The Morgan fingerprint density at radius 1 is 0.544 bits per heavy atom. The summed E-state index contributed by atoms with van der Waals surface area (Å²) < 4.78 is 33.4. The van der Waals surface area contributed by atoms with E-state index in [2.05, 4.69) is 111 Å². The van der Waals surface area contributed by atoms with Crippen molar-refractivity contribution in [2.75, 3.05) is 33.0 Å². The molecule has 0 saturated carbocycles. The summed E-state index contributed by atoms with van der Waals surface area (Å²) in [6.45, 7) is 4.68. The first-order chi connectivity index (χ1) is 27.9. The Hall–Kier alpha value is -2.58. The number of carbonyl (C=O) groups excluding carboxylic acids is 1. The molecular weight excluding hydrogens is 734 g/mol.